The third kappa shape index (κ3) is 2.09. The van der Waals surface area contributed by atoms with E-state index < -0.39 is 0 Å². The van der Waals surface area contributed by atoms with Gasteiger partial charge in [0.2, 0.25) is 0 Å². The van der Waals surface area contributed by atoms with Crippen LogP contribution in [0, 0.1) is 6.92 Å². The molecule has 0 radical (unpaired) electrons. The van der Waals surface area contributed by atoms with E-state index in [4.69, 9.17) is 4.42 Å². The van der Waals surface area contributed by atoms with Crippen molar-refractivity contribution in [2.75, 3.05) is 7.05 Å². The first-order valence-electron chi connectivity index (χ1n) is 7.94. The molecule has 0 bridgehead atoms. The van der Waals surface area contributed by atoms with Crippen LogP contribution < -0.4 is 20.8 Å². The Morgan fingerprint density at radius 3 is 2.65 bits per heavy atom. The Labute approximate surface area is 136 Å². The molecule has 0 spiro atoms. The summed E-state index contributed by atoms with van der Waals surface area (Å²) in [5.41, 5.74) is 5.74. The molecule has 114 valence electrons. The SMILES string of the molecule is CC1=c2oc3ccccc3c2=CN(C)B1c1ccc(C)c[n+]1C. The minimum atomic E-state index is 0.189. The topological polar surface area (TPSA) is 20.3 Å². The molecule has 1 aliphatic heterocycles. The van der Waals surface area contributed by atoms with Crippen molar-refractivity contribution in [3.8, 4) is 0 Å². The average Bonchev–Trinajstić information content (AvgIpc) is 2.88. The second-order valence-electron chi connectivity index (χ2n) is 6.46. The van der Waals surface area contributed by atoms with E-state index in [2.05, 4.69) is 74.0 Å². The van der Waals surface area contributed by atoms with Crippen molar-refractivity contribution in [1.82, 2.24) is 4.81 Å². The highest BCUT2D eigenvalue weighted by atomic mass is 16.3. The van der Waals surface area contributed by atoms with E-state index in [1.54, 1.807) is 0 Å². The second kappa shape index (κ2) is 5.02. The standard InChI is InChI=1S/C19H20BN2O/c1-13-9-10-18(21(3)11-13)20-14(2)19-16(12-22(20)4)15-7-5-6-8-17(15)23-19/h5-12H,1-4H3/q+1. The molecule has 4 rings (SSSR count). The zero-order valence-corrected chi connectivity index (χ0v) is 14.0. The van der Waals surface area contributed by atoms with E-state index in [0.29, 0.717) is 0 Å². The van der Waals surface area contributed by atoms with Gasteiger partial charge in [-0.2, -0.15) is 0 Å². The molecule has 3 aromatic rings. The maximum absolute atomic E-state index is 6.16. The molecule has 0 atom stereocenters. The Morgan fingerprint density at radius 2 is 1.87 bits per heavy atom. The fraction of sp³-hybridized carbons (Fsp3) is 0.211. The Balaban J connectivity index is 2.01. The third-order valence-electron chi connectivity index (χ3n) is 4.74. The zero-order valence-electron chi connectivity index (χ0n) is 14.0. The average molecular weight is 303 g/mol. The van der Waals surface area contributed by atoms with Crippen molar-refractivity contribution < 1.29 is 8.98 Å². The lowest BCUT2D eigenvalue weighted by atomic mass is 9.50. The highest BCUT2D eigenvalue weighted by molar-refractivity contribution is 6.85. The summed E-state index contributed by atoms with van der Waals surface area (Å²) in [5.74, 6) is 0. The number of pyridine rings is 1. The lowest BCUT2D eigenvalue weighted by molar-refractivity contribution is -0.654. The van der Waals surface area contributed by atoms with Crippen LogP contribution in [0.1, 0.15) is 12.5 Å². The largest absolute Gasteiger partial charge is 0.457 e. The Morgan fingerprint density at radius 1 is 1.09 bits per heavy atom. The molecule has 1 aliphatic rings. The molecule has 0 aliphatic carbocycles. The molecule has 3 nitrogen and oxygen atoms in total. The van der Waals surface area contributed by atoms with Gasteiger partial charge in [0.15, 0.2) is 11.8 Å². The predicted molar refractivity (Wildman–Crippen MR) is 94.5 cm³/mol. The van der Waals surface area contributed by atoms with Crippen molar-refractivity contribution in [2.24, 2.45) is 7.05 Å². The molecule has 0 saturated heterocycles. The quantitative estimate of drug-likeness (QED) is 0.491. The summed E-state index contributed by atoms with van der Waals surface area (Å²) in [5, 5.41) is 2.37. The first-order chi connectivity index (χ1) is 11.1. The van der Waals surface area contributed by atoms with Crippen molar-refractivity contribution in [3.05, 3.63) is 58.8 Å². The molecule has 4 heteroatoms. The minimum Gasteiger partial charge on any atom is -0.457 e. The predicted octanol–water partition coefficient (Wildman–Crippen LogP) is 0.858. The van der Waals surface area contributed by atoms with Gasteiger partial charge in [-0.25, -0.2) is 4.57 Å². The maximum Gasteiger partial charge on any atom is 0.402 e. The molecule has 3 heterocycles. The number of rotatable bonds is 1. The van der Waals surface area contributed by atoms with Crippen LogP contribution in [-0.2, 0) is 7.05 Å². The van der Waals surface area contributed by atoms with Crippen LogP contribution in [0.3, 0.4) is 0 Å². The number of hydrogen-bond acceptors (Lipinski definition) is 2. The molecule has 0 N–H and O–H groups in total. The minimum absolute atomic E-state index is 0.189. The highest BCUT2D eigenvalue weighted by Gasteiger charge is 2.35. The number of aryl methyl sites for hydroxylation is 2. The number of fused-ring (bicyclic) bond motifs is 3. The van der Waals surface area contributed by atoms with E-state index in [-0.39, 0.29) is 6.85 Å². The molecule has 23 heavy (non-hydrogen) atoms. The monoisotopic (exact) mass is 303 g/mol. The van der Waals surface area contributed by atoms with Crippen LogP contribution in [0.15, 0.2) is 47.0 Å². The van der Waals surface area contributed by atoms with Crippen LogP contribution >= 0.6 is 0 Å². The van der Waals surface area contributed by atoms with Gasteiger partial charge in [0, 0.05) is 16.2 Å². The summed E-state index contributed by atoms with van der Waals surface area (Å²) in [7, 11) is 4.25. The Hall–Kier alpha value is -2.49. The Bertz CT molecular complexity index is 1040. The fourth-order valence-corrected chi connectivity index (χ4v) is 3.67. The molecule has 1 aromatic carbocycles. The summed E-state index contributed by atoms with van der Waals surface area (Å²) in [6, 6.07) is 12.6. The number of furan rings is 1. The van der Waals surface area contributed by atoms with Crippen molar-refractivity contribution in [1.29, 1.82) is 0 Å². The van der Waals surface area contributed by atoms with Gasteiger partial charge in [-0.3, -0.25) is 0 Å². The number of hydrogen-bond donors (Lipinski definition) is 0. The van der Waals surface area contributed by atoms with Crippen molar-refractivity contribution in [3.63, 3.8) is 0 Å². The Kier molecular flexibility index (Phi) is 3.08. The van der Waals surface area contributed by atoms with E-state index >= 15 is 0 Å². The lowest BCUT2D eigenvalue weighted by Gasteiger charge is -2.24. The first kappa shape index (κ1) is 14.1. The number of benzene rings is 1. The van der Waals surface area contributed by atoms with Gasteiger partial charge < -0.3 is 9.23 Å². The number of aromatic nitrogens is 1. The fourth-order valence-electron chi connectivity index (χ4n) is 3.67. The molecule has 2 aromatic heterocycles. The van der Waals surface area contributed by atoms with Crippen LogP contribution in [0.2, 0.25) is 0 Å². The summed E-state index contributed by atoms with van der Waals surface area (Å²) in [4.78, 5) is 2.28. The van der Waals surface area contributed by atoms with E-state index in [1.807, 2.05) is 12.1 Å². The lowest BCUT2D eigenvalue weighted by Crippen LogP contribution is -2.62. The van der Waals surface area contributed by atoms with Gasteiger partial charge in [0.25, 0.3) is 0 Å². The van der Waals surface area contributed by atoms with Crippen molar-refractivity contribution >= 4 is 35.1 Å². The normalized spacial score (nSPS) is 14.2. The third-order valence-corrected chi connectivity index (χ3v) is 4.74. The number of nitrogens with zero attached hydrogens (tertiary/aromatic N) is 2. The maximum atomic E-state index is 6.16. The summed E-state index contributed by atoms with van der Waals surface area (Å²) in [6.07, 6.45) is 4.38. The van der Waals surface area contributed by atoms with Gasteiger partial charge in [-0.1, -0.05) is 18.2 Å². The van der Waals surface area contributed by atoms with Crippen LogP contribution in [0.5, 0.6) is 0 Å². The summed E-state index contributed by atoms with van der Waals surface area (Å²) >= 11 is 0. The van der Waals surface area contributed by atoms with E-state index in [0.717, 1.165) is 11.0 Å². The van der Waals surface area contributed by atoms with Crippen LogP contribution in [-0.4, -0.2) is 18.7 Å². The molecule has 0 saturated carbocycles. The molecular weight excluding hydrogens is 283 g/mol. The summed E-state index contributed by atoms with van der Waals surface area (Å²) < 4.78 is 8.37. The van der Waals surface area contributed by atoms with E-state index in [9.17, 15) is 0 Å². The highest BCUT2D eigenvalue weighted by Crippen LogP contribution is 2.13. The second-order valence-corrected chi connectivity index (χ2v) is 6.46. The van der Waals surface area contributed by atoms with Crippen LogP contribution in [0.25, 0.3) is 22.6 Å². The zero-order chi connectivity index (χ0) is 16.1. The first-order valence-corrected chi connectivity index (χ1v) is 7.94. The molecule has 0 amide bonds. The van der Waals surface area contributed by atoms with Gasteiger partial charge in [-0.15, -0.1) is 0 Å². The summed E-state index contributed by atoms with van der Waals surface area (Å²) in [6.45, 7) is 4.48. The molecule has 0 unspecified atom stereocenters. The van der Waals surface area contributed by atoms with Gasteiger partial charge >= 0.3 is 6.85 Å². The smallest absolute Gasteiger partial charge is 0.402 e. The number of para-hydroxylation sites is 1. The van der Waals surface area contributed by atoms with Crippen LogP contribution in [0.4, 0.5) is 0 Å². The van der Waals surface area contributed by atoms with Gasteiger partial charge in [-0.05, 0) is 50.8 Å². The van der Waals surface area contributed by atoms with Gasteiger partial charge in [0.1, 0.15) is 18.0 Å². The van der Waals surface area contributed by atoms with E-state index in [1.165, 1.54) is 27.2 Å². The van der Waals surface area contributed by atoms with Crippen molar-refractivity contribution in [2.45, 2.75) is 13.8 Å². The molecule has 0 fully saturated rings. The molecular formula is C19H20BN2O+. The van der Waals surface area contributed by atoms with Gasteiger partial charge in [0.05, 0.1) is 0 Å².